The fourth-order valence-corrected chi connectivity index (χ4v) is 2.76. The molecule has 0 aromatic heterocycles. The Morgan fingerprint density at radius 3 is 3.00 bits per heavy atom. The maximum Gasteiger partial charge on any atom is 0.241 e. The summed E-state index contributed by atoms with van der Waals surface area (Å²) in [6.07, 6.45) is 0. The molecular formula is C13H17N3O2. The number of piperazine rings is 1. The van der Waals surface area contributed by atoms with E-state index in [0.717, 1.165) is 30.2 Å². The number of amides is 1. The molecule has 1 aromatic rings. The van der Waals surface area contributed by atoms with Crippen molar-refractivity contribution in [1.82, 2.24) is 5.32 Å². The van der Waals surface area contributed by atoms with E-state index in [4.69, 9.17) is 4.74 Å². The van der Waals surface area contributed by atoms with Gasteiger partial charge in [0.05, 0.1) is 31.1 Å². The molecule has 1 amide bonds. The Morgan fingerprint density at radius 2 is 2.22 bits per heavy atom. The van der Waals surface area contributed by atoms with Crippen LogP contribution in [0.25, 0.3) is 0 Å². The smallest absolute Gasteiger partial charge is 0.241 e. The number of benzene rings is 1. The first-order valence-corrected chi connectivity index (χ1v) is 6.12. The monoisotopic (exact) mass is 247 g/mol. The molecule has 0 spiro atoms. The van der Waals surface area contributed by atoms with Gasteiger partial charge in [-0.1, -0.05) is 0 Å². The van der Waals surface area contributed by atoms with Gasteiger partial charge in [0.1, 0.15) is 5.75 Å². The minimum Gasteiger partial charge on any atom is -0.497 e. The number of hydrogen-bond acceptors (Lipinski definition) is 4. The average Bonchev–Trinajstić information content (AvgIpc) is 2.38. The van der Waals surface area contributed by atoms with Crippen LogP contribution in [0.1, 0.15) is 0 Å². The molecule has 2 heterocycles. The number of carbonyl (C=O) groups excluding carboxylic acids is 1. The first kappa shape index (κ1) is 11.3. The number of carbonyl (C=O) groups is 1. The largest absolute Gasteiger partial charge is 0.497 e. The molecule has 1 atom stereocenters. The number of fused-ring (bicyclic) bond motifs is 3. The predicted octanol–water partition coefficient (Wildman–Crippen LogP) is 0.450. The van der Waals surface area contributed by atoms with E-state index < -0.39 is 0 Å². The quantitative estimate of drug-likeness (QED) is 0.782. The maximum atomic E-state index is 12.1. The number of hydrogen-bond donors (Lipinski definition) is 1. The first-order chi connectivity index (χ1) is 8.70. The van der Waals surface area contributed by atoms with Gasteiger partial charge >= 0.3 is 0 Å². The molecule has 2 aliphatic rings. The average molecular weight is 247 g/mol. The van der Waals surface area contributed by atoms with Crippen molar-refractivity contribution in [2.75, 3.05) is 43.6 Å². The normalized spacial score (nSPS) is 22.6. The van der Waals surface area contributed by atoms with Crippen LogP contribution in [0.4, 0.5) is 11.4 Å². The van der Waals surface area contributed by atoms with Crippen LogP contribution in [0.15, 0.2) is 18.2 Å². The number of methoxy groups -OCH3 is 1. The SMILES string of the molecule is COc1ccc2c(c1)N1C(=O)CNCC1CN2C. The molecule has 0 aliphatic carbocycles. The lowest BCUT2D eigenvalue weighted by Crippen LogP contribution is -2.61. The molecule has 96 valence electrons. The molecule has 1 N–H and O–H groups in total. The van der Waals surface area contributed by atoms with Crippen LogP contribution in [0.3, 0.4) is 0 Å². The highest BCUT2D eigenvalue weighted by atomic mass is 16.5. The van der Waals surface area contributed by atoms with E-state index in [9.17, 15) is 4.79 Å². The molecule has 0 bridgehead atoms. The van der Waals surface area contributed by atoms with Crippen molar-refractivity contribution in [3.05, 3.63) is 18.2 Å². The van der Waals surface area contributed by atoms with Gasteiger partial charge in [0.25, 0.3) is 0 Å². The summed E-state index contributed by atoms with van der Waals surface area (Å²) in [6.45, 7) is 2.11. The van der Waals surface area contributed by atoms with E-state index in [2.05, 4.69) is 17.3 Å². The fraction of sp³-hybridized carbons (Fsp3) is 0.462. The zero-order valence-electron chi connectivity index (χ0n) is 10.6. The minimum atomic E-state index is 0.133. The third kappa shape index (κ3) is 1.62. The van der Waals surface area contributed by atoms with Crippen LogP contribution >= 0.6 is 0 Å². The summed E-state index contributed by atoms with van der Waals surface area (Å²) in [4.78, 5) is 16.2. The zero-order valence-corrected chi connectivity index (χ0v) is 10.6. The van der Waals surface area contributed by atoms with Gasteiger partial charge in [-0.3, -0.25) is 4.79 Å². The Balaban J connectivity index is 2.09. The summed E-state index contributed by atoms with van der Waals surface area (Å²) < 4.78 is 5.26. The third-order valence-corrected chi connectivity index (χ3v) is 3.63. The second-order valence-electron chi connectivity index (χ2n) is 4.78. The van der Waals surface area contributed by atoms with E-state index in [1.165, 1.54) is 0 Å². The van der Waals surface area contributed by atoms with Crippen LogP contribution in [-0.2, 0) is 4.79 Å². The van der Waals surface area contributed by atoms with E-state index in [0.29, 0.717) is 6.54 Å². The van der Waals surface area contributed by atoms with Crippen LogP contribution in [0.5, 0.6) is 5.75 Å². The van der Waals surface area contributed by atoms with Crippen LogP contribution in [0, 0.1) is 0 Å². The fourth-order valence-electron chi connectivity index (χ4n) is 2.76. The van der Waals surface area contributed by atoms with Crippen molar-refractivity contribution < 1.29 is 9.53 Å². The molecule has 3 rings (SSSR count). The van der Waals surface area contributed by atoms with Gasteiger partial charge in [-0.2, -0.15) is 0 Å². The van der Waals surface area contributed by atoms with Gasteiger partial charge in [-0.25, -0.2) is 0 Å². The van der Waals surface area contributed by atoms with Crippen molar-refractivity contribution in [2.24, 2.45) is 0 Å². The molecule has 0 saturated carbocycles. The summed E-state index contributed by atoms with van der Waals surface area (Å²) in [7, 11) is 3.70. The molecule has 1 unspecified atom stereocenters. The van der Waals surface area contributed by atoms with Gasteiger partial charge < -0.3 is 19.9 Å². The third-order valence-electron chi connectivity index (χ3n) is 3.63. The summed E-state index contributed by atoms with van der Waals surface area (Å²) in [5.74, 6) is 0.919. The molecule has 5 heteroatoms. The van der Waals surface area contributed by atoms with Crippen molar-refractivity contribution >= 4 is 17.3 Å². The Morgan fingerprint density at radius 1 is 1.39 bits per heavy atom. The van der Waals surface area contributed by atoms with E-state index in [1.807, 2.05) is 23.1 Å². The zero-order chi connectivity index (χ0) is 12.7. The Labute approximate surface area is 106 Å². The molecule has 1 fully saturated rings. The lowest BCUT2D eigenvalue weighted by molar-refractivity contribution is -0.119. The van der Waals surface area contributed by atoms with Crippen molar-refractivity contribution in [1.29, 1.82) is 0 Å². The maximum absolute atomic E-state index is 12.1. The molecule has 1 aromatic carbocycles. The highest BCUT2D eigenvalue weighted by Gasteiger charge is 2.35. The topological polar surface area (TPSA) is 44.8 Å². The van der Waals surface area contributed by atoms with Gasteiger partial charge in [0, 0.05) is 26.2 Å². The predicted molar refractivity (Wildman–Crippen MR) is 70.4 cm³/mol. The van der Waals surface area contributed by atoms with Crippen molar-refractivity contribution in [3.8, 4) is 5.75 Å². The second-order valence-corrected chi connectivity index (χ2v) is 4.78. The van der Waals surface area contributed by atoms with Gasteiger partial charge in [-0.05, 0) is 12.1 Å². The molecular weight excluding hydrogens is 230 g/mol. The van der Waals surface area contributed by atoms with Crippen LogP contribution in [-0.4, -0.2) is 45.7 Å². The standard InChI is InChI=1S/C13H17N3O2/c1-15-8-9-6-14-7-13(17)16(9)12-5-10(18-2)3-4-11(12)15/h3-5,9,14H,6-8H2,1-2H3. The molecule has 5 nitrogen and oxygen atoms in total. The lowest BCUT2D eigenvalue weighted by atomic mass is 10.0. The van der Waals surface area contributed by atoms with Crippen LogP contribution < -0.4 is 19.9 Å². The Kier molecular flexibility index (Phi) is 2.63. The van der Waals surface area contributed by atoms with Gasteiger partial charge in [-0.15, -0.1) is 0 Å². The second kappa shape index (κ2) is 4.17. The molecule has 18 heavy (non-hydrogen) atoms. The number of ether oxygens (including phenoxy) is 1. The number of rotatable bonds is 1. The van der Waals surface area contributed by atoms with Gasteiger partial charge in [0.2, 0.25) is 5.91 Å². The molecule has 0 radical (unpaired) electrons. The number of likely N-dealkylation sites (N-methyl/N-ethyl adjacent to an activating group) is 1. The number of nitrogens with one attached hydrogen (secondary N) is 1. The Bertz CT molecular complexity index is 489. The number of anilines is 2. The first-order valence-electron chi connectivity index (χ1n) is 6.12. The van der Waals surface area contributed by atoms with Crippen LogP contribution in [0.2, 0.25) is 0 Å². The summed E-state index contributed by atoms with van der Waals surface area (Å²) in [5, 5.41) is 3.16. The summed E-state index contributed by atoms with van der Waals surface area (Å²) >= 11 is 0. The van der Waals surface area contributed by atoms with E-state index >= 15 is 0 Å². The Hall–Kier alpha value is -1.75. The van der Waals surface area contributed by atoms with Gasteiger partial charge in [0.15, 0.2) is 0 Å². The highest BCUT2D eigenvalue weighted by molar-refractivity contribution is 6.00. The van der Waals surface area contributed by atoms with Crippen molar-refractivity contribution in [2.45, 2.75) is 6.04 Å². The number of nitrogens with zero attached hydrogens (tertiary/aromatic N) is 2. The van der Waals surface area contributed by atoms with E-state index in [-0.39, 0.29) is 11.9 Å². The molecule has 2 aliphatic heterocycles. The lowest BCUT2D eigenvalue weighted by Gasteiger charge is -2.44. The van der Waals surface area contributed by atoms with E-state index in [1.54, 1.807) is 7.11 Å². The minimum absolute atomic E-state index is 0.133. The molecule has 1 saturated heterocycles. The summed E-state index contributed by atoms with van der Waals surface area (Å²) in [6, 6.07) is 6.10. The van der Waals surface area contributed by atoms with Crippen molar-refractivity contribution in [3.63, 3.8) is 0 Å². The summed E-state index contributed by atoms with van der Waals surface area (Å²) in [5.41, 5.74) is 2.04. The highest BCUT2D eigenvalue weighted by Crippen LogP contribution is 2.38.